The van der Waals surface area contributed by atoms with Gasteiger partial charge in [-0.25, -0.2) is 4.98 Å². The minimum absolute atomic E-state index is 0.0389. The lowest BCUT2D eigenvalue weighted by Gasteiger charge is -2.08. The third kappa shape index (κ3) is 3.91. The number of carbonyl (C=O) groups excluding carboxylic acids is 2. The molecule has 1 aliphatic carbocycles. The number of fused-ring (bicyclic) bond motifs is 1. The summed E-state index contributed by atoms with van der Waals surface area (Å²) in [5, 5.41) is 5.82. The average molecular weight is 348 g/mol. The van der Waals surface area contributed by atoms with Crippen LogP contribution < -0.4 is 10.6 Å². The Morgan fingerprint density at radius 2 is 1.88 bits per heavy atom. The molecule has 6 nitrogen and oxygen atoms in total. The molecular weight excluding hydrogens is 328 g/mol. The smallest absolute Gasteiger partial charge is 0.227 e. The van der Waals surface area contributed by atoms with E-state index in [-0.39, 0.29) is 17.7 Å². The van der Waals surface area contributed by atoms with E-state index in [0.29, 0.717) is 13.0 Å². The molecule has 1 aliphatic rings. The molecule has 4 rings (SSSR count). The molecule has 2 heterocycles. The Kier molecular flexibility index (Phi) is 4.39. The first-order valence-corrected chi connectivity index (χ1v) is 8.75. The molecule has 0 bridgehead atoms. The van der Waals surface area contributed by atoms with Crippen molar-refractivity contribution in [2.24, 2.45) is 5.92 Å². The maximum absolute atomic E-state index is 12.2. The molecule has 132 valence electrons. The quantitative estimate of drug-likeness (QED) is 0.719. The fraction of sp³-hybridized carbons (Fsp3) is 0.250. The molecule has 1 aromatic carbocycles. The standard InChI is InChI=1S/C20H20N4O2/c25-19(22-13-15-7-9-24-10-8-21-18(24)11-15)12-14-1-5-17(6-2-14)23-20(26)16-3-4-16/h1-2,5-11,16H,3-4,12-13H2,(H,22,25)(H,23,26). The van der Waals surface area contributed by atoms with E-state index < -0.39 is 0 Å². The first-order chi connectivity index (χ1) is 12.7. The van der Waals surface area contributed by atoms with Crippen molar-refractivity contribution in [3.05, 3.63) is 66.1 Å². The molecule has 0 aliphatic heterocycles. The highest BCUT2D eigenvalue weighted by molar-refractivity contribution is 5.94. The van der Waals surface area contributed by atoms with Gasteiger partial charge in [0.15, 0.2) is 0 Å². The first kappa shape index (κ1) is 16.3. The zero-order valence-corrected chi connectivity index (χ0v) is 14.3. The van der Waals surface area contributed by atoms with Gasteiger partial charge in [-0.3, -0.25) is 9.59 Å². The molecule has 0 radical (unpaired) electrons. The fourth-order valence-corrected chi connectivity index (χ4v) is 2.81. The lowest BCUT2D eigenvalue weighted by Crippen LogP contribution is -2.24. The molecule has 1 saturated carbocycles. The predicted molar refractivity (Wildman–Crippen MR) is 98.5 cm³/mol. The minimum Gasteiger partial charge on any atom is -0.352 e. The second-order valence-corrected chi connectivity index (χ2v) is 6.64. The highest BCUT2D eigenvalue weighted by Gasteiger charge is 2.29. The van der Waals surface area contributed by atoms with E-state index in [2.05, 4.69) is 15.6 Å². The van der Waals surface area contributed by atoms with Gasteiger partial charge < -0.3 is 15.0 Å². The summed E-state index contributed by atoms with van der Waals surface area (Å²) in [5.74, 6) is 0.231. The summed E-state index contributed by atoms with van der Waals surface area (Å²) >= 11 is 0. The van der Waals surface area contributed by atoms with Crippen LogP contribution in [0, 0.1) is 5.92 Å². The van der Waals surface area contributed by atoms with Crippen molar-refractivity contribution in [3.63, 3.8) is 0 Å². The van der Waals surface area contributed by atoms with Gasteiger partial charge in [0.05, 0.1) is 6.42 Å². The number of benzene rings is 1. The molecule has 1 fully saturated rings. The molecule has 0 unspecified atom stereocenters. The van der Waals surface area contributed by atoms with Crippen molar-refractivity contribution in [2.75, 3.05) is 5.32 Å². The Morgan fingerprint density at radius 3 is 2.65 bits per heavy atom. The number of nitrogens with zero attached hydrogens (tertiary/aromatic N) is 2. The van der Waals surface area contributed by atoms with Gasteiger partial charge in [-0.2, -0.15) is 0 Å². The number of pyridine rings is 1. The highest BCUT2D eigenvalue weighted by Crippen LogP contribution is 2.30. The van der Waals surface area contributed by atoms with Gasteiger partial charge in [-0.1, -0.05) is 12.1 Å². The van der Waals surface area contributed by atoms with E-state index in [4.69, 9.17) is 0 Å². The van der Waals surface area contributed by atoms with Gasteiger partial charge in [0, 0.05) is 36.7 Å². The van der Waals surface area contributed by atoms with Crippen molar-refractivity contribution >= 4 is 23.1 Å². The highest BCUT2D eigenvalue weighted by atomic mass is 16.2. The van der Waals surface area contributed by atoms with Gasteiger partial charge in [0.2, 0.25) is 11.8 Å². The lowest BCUT2D eigenvalue weighted by molar-refractivity contribution is -0.120. The summed E-state index contributed by atoms with van der Waals surface area (Å²) in [7, 11) is 0. The van der Waals surface area contributed by atoms with E-state index >= 15 is 0 Å². The minimum atomic E-state index is -0.0389. The normalized spacial score (nSPS) is 13.5. The van der Waals surface area contributed by atoms with Gasteiger partial charge in [-0.15, -0.1) is 0 Å². The number of carbonyl (C=O) groups is 2. The van der Waals surface area contributed by atoms with E-state index in [1.165, 1.54) is 0 Å². The van der Waals surface area contributed by atoms with E-state index in [1.807, 2.05) is 53.2 Å². The summed E-state index contributed by atoms with van der Waals surface area (Å²) < 4.78 is 1.93. The number of anilines is 1. The summed E-state index contributed by atoms with van der Waals surface area (Å²) in [6.07, 6.45) is 7.83. The number of hydrogen-bond acceptors (Lipinski definition) is 3. The van der Waals surface area contributed by atoms with Crippen LogP contribution in [-0.4, -0.2) is 21.2 Å². The van der Waals surface area contributed by atoms with Crippen molar-refractivity contribution in [1.29, 1.82) is 0 Å². The van der Waals surface area contributed by atoms with E-state index in [0.717, 1.165) is 35.3 Å². The molecule has 0 saturated heterocycles. The monoisotopic (exact) mass is 348 g/mol. The maximum Gasteiger partial charge on any atom is 0.227 e. The summed E-state index contributed by atoms with van der Waals surface area (Å²) in [5.41, 5.74) is 3.56. The SMILES string of the molecule is O=C(Cc1ccc(NC(=O)C2CC2)cc1)NCc1ccn2ccnc2c1. The zero-order valence-electron chi connectivity index (χ0n) is 14.3. The molecule has 26 heavy (non-hydrogen) atoms. The second kappa shape index (κ2) is 7.00. The lowest BCUT2D eigenvalue weighted by atomic mass is 10.1. The number of aromatic nitrogens is 2. The van der Waals surface area contributed by atoms with Gasteiger partial charge in [0.25, 0.3) is 0 Å². The third-order valence-corrected chi connectivity index (χ3v) is 4.49. The molecule has 2 N–H and O–H groups in total. The van der Waals surface area contributed by atoms with Crippen molar-refractivity contribution in [1.82, 2.24) is 14.7 Å². The van der Waals surface area contributed by atoms with Crippen LogP contribution in [0.4, 0.5) is 5.69 Å². The number of imidazole rings is 1. The summed E-state index contributed by atoms with van der Waals surface area (Å²) in [6, 6.07) is 11.4. The van der Waals surface area contributed by atoms with Crippen LogP contribution in [0.1, 0.15) is 24.0 Å². The van der Waals surface area contributed by atoms with Gasteiger partial charge >= 0.3 is 0 Å². The van der Waals surface area contributed by atoms with Crippen LogP contribution in [0.2, 0.25) is 0 Å². The Hall–Kier alpha value is -3.15. The summed E-state index contributed by atoms with van der Waals surface area (Å²) in [6.45, 7) is 0.470. The molecule has 3 aromatic rings. The van der Waals surface area contributed by atoms with Crippen molar-refractivity contribution < 1.29 is 9.59 Å². The van der Waals surface area contributed by atoms with Crippen LogP contribution in [0.15, 0.2) is 55.0 Å². The fourth-order valence-electron chi connectivity index (χ4n) is 2.81. The Balaban J connectivity index is 1.29. The van der Waals surface area contributed by atoms with Crippen LogP contribution in [0.5, 0.6) is 0 Å². The largest absolute Gasteiger partial charge is 0.352 e. The van der Waals surface area contributed by atoms with Crippen LogP contribution in [0.25, 0.3) is 5.65 Å². The van der Waals surface area contributed by atoms with E-state index in [9.17, 15) is 9.59 Å². The van der Waals surface area contributed by atoms with Gasteiger partial charge in [0.1, 0.15) is 5.65 Å². The zero-order chi connectivity index (χ0) is 17.9. The topological polar surface area (TPSA) is 75.5 Å². The molecule has 2 aromatic heterocycles. The van der Waals surface area contributed by atoms with Crippen molar-refractivity contribution in [2.45, 2.75) is 25.8 Å². The van der Waals surface area contributed by atoms with Crippen molar-refractivity contribution in [3.8, 4) is 0 Å². The molecule has 2 amide bonds. The van der Waals surface area contributed by atoms with Crippen LogP contribution >= 0.6 is 0 Å². The molecular formula is C20H20N4O2. The number of amides is 2. The predicted octanol–water partition coefficient (Wildman–Crippen LogP) is 2.54. The van der Waals surface area contributed by atoms with Crippen LogP contribution in [0.3, 0.4) is 0 Å². The number of nitrogens with one attached hydrogen (secondary N) is 2. The second-order valence-electron chi connectivity index (χ2n) is 6.64. The third-order valence-electron chi connectivity index (χ3n) is 4.49. The molecule has 0 spiro atoms. The first-order valence-electron chi connectivity index (χ1n) is 8.75. The number of hydrogen-bond donors (Lipinski definition) is 2. The number of rotatable bonds is 6. The maximum atomic E-state index is 12.2. The Morgan fingerprint density at radius 1 is 1.08 bits per heavy atom. The molecule has 6 heteroatoms. The van der Waals surface area contributed by atoms with Gasteiger partial charge in [-0.05, 0) is 48.2 Å². The molecule has 0 atom stereocenters. The summed E-state index contributed by atoms with van der Waals surface area (Å²) in [4.78, 5) is 28.1. The van der Waals surface area contributed by atoms with Crippen LogP contribution in [-0.2, 0) is 22.6 Å². The average Bonchev–Trinajstić information content (AvgIpc) is 3.40. The Bertz CT molecular complexity index is 942. The Labute approximate surface area is 151 Å². The van der Waals surface area contributed by atoms with E-state index in [1.54, 1.807) is 6.20 Å².